The van der Waals surface area contributed by atoms with Crippen LogP contribution >= 0.6 is 0 Å². The van der Waals surface area contributed by atoms with Crippen LogP contribution in [0.2, 0.25) is 0 Å². The largest absolute Gasteiger partial charge is 0.416 e. The number of amides is 1. The topological polar surface area (TPSA) is 65.8 Å². The molecule has 1 aromatic rings. The van der Waals surface area contributed by atoms with Crippen molar-refractivity contribution < 1.29 is 18.0 Å². The zero-order valence-corrected chi connectivity index (χ0v) is 14.0. The molecule has 5 nitrogen and oxygen atoms in total. The van der Waals surface area contributed by atoms with Crippen molar-refractivity contribution in [2.75, 3.05) is 6.54 Å². The van der Waals surface area contributed by atoms with E-state index in [1.807, 2.05) is 6.92 Å². The van der Waals surface area contributed by atoms with Crippen LogP contribution in [0, 0.1) is 0 Å². The van der Waals surface area contributed by atoms with E-state index in [-0.39, 0.29) is 5.91 Å². The van der Waals surface area contributed by atoms with E-state index < -0.39 is 23.3 Å². The van der Waals surface area contributed by atoms with Gasteiger partial charge in [-0.1, -0.05) is 25.1 Å². The molecule has 4 rings (SSSR count). The Morgan fingerprint density at radius 3 is 2.88 bits per heavy atom. The summed E-state index contributed by atoms with van der Waals surface area (Å²) in [4.78, 5) is 12.7. The highest BCUT2D eigenvalue weighted by molar-refractivity contribution is 5.99. The number of alkyl halides is 3. The van der Waals surface area contributed by atoms with Crippen molar-refractivity contribution in [1.29, 1.82) is 0 Å². The van der Waals surface area contributed by atoms with Crippen LogP contribution in [0.4, 0.5) is 13.2 Å². The van der Waals surface area contributed by atoms with Gasteiger partial charge in [-0.25, -0.2) is 0 Å². The molecule has 0 aliphatic carbocycles. The smallest absolute Gasteiger partial charge is 0.362 e. The molecule has 2 N–H and O–H groups in total. The maximum atomic E-state index is 13.3. The van der Waals surface area contributed by atoms with Crippen LogP contribution in [0.1, 0.15) is 30.9 Å². The molecule has 3 aliphatic heterocycles. The second-order valence-corrected chi connectivity index (χ2v) is 6.56. The fourth-order valence-electron chi connectivity index (χ4n) is 4.16. The molecule has 1 amide bonds. The molecule has 0 saturated heterocycles. The Morgan fingerprint density at radius 2 is 2.15 bits per heavy atom. The molecule has 3 aliphatic rings. The summed E-state index contributed by atoms with van der Waals surface area (Å²) < 4.78 is 39.9. The van der Waals surface area contributed by atoms with Gasteiger partial charge in [-0.15, -0.1) is 0 Å². The van der Waals surface area contributed by atoms with E-state index in [0.717, 1.165) is 17.8 Å². The third-order valence-corrected chi connectivity index (χ3v) is 5.31. The molecule has 0 radical (unpaired) electrons. The minimum absolute atomic E-state index is 0.260. The Labute approximate surface area is 148 Å². The molecule has 0 bridgehead atoms. The minimum Gasteiger partial charge on any atom is -0.362 e. The highest BCUT2D eigenvalue weighted by atomic mass is 19.4. The molecule has 0 fully saturated rings. The van der Waals surface area contributed by atoms with Crippen LogP contribution in [0.25, 0.3) is 0 Å². The zero-order valence-electron chi connectivity index (χ0n) is 14.0. The molecule has 2 atom stereocenters. The Kier molecular flexibility index (Phi) is 3.68. The van der Waals surface area contributed by atoms with Crippen LogP contribution in [-0.2, 0) is 16.4 Å². The van der Waals surface area contributed by atoms with Crippen molar-refractivity contribution in [3.63, 3.8) is 0 Å². The molecule has 0 aromatic heterocycles. The number of hydrogen-bond donors (Lipinski definition) is 2. The molecule has 0 saturated carbocycles. The first-order chi connectivity index (χ1) is 12.4. The van der Waals surface area contributed by atoms with E-state index in [1.165, 1.54) is 6.07 Å². The predicted octanol–water partition coefficient (Wildman–Crippen LogP) is 3.41. The number of azo groups is 1. The summed E-state index contributed by atoms with van der Waals surface area (Å²) in [7, 11) is 0. The van der Waals surface area contributed by atoms with Crippen molar-refractivity contribution in [3.05, 3.63) is 58.4 Å². The first-order valence-corrected chi connectivity index (χ1v) is 8.44. The third-order valence-electron chi connectivity index (χ3n) is 5.31. The zero-order chi connectivity index (χ0) is 18.5. The number of nitrogens with one attached hydrogen (secondary N) is 2. The van der Waals surface area contributed by atoms with Gasteiger partial charge in [-0.2, -0.15) is 23.4 Å². The molecule has 0 spiro atoms. The second-order valence-electron chi connectivity index (χ2n) is 6.56. The number of rotatable bonds is 2. The van der Waals surface area contributed by atoms with Gasteiger partial charge in [-0.05, 0) is 18.1 Å². The van der Waals surface area contributed by atoms with Crippen LogP contribution in [-0.4, -0.2) is 18.6 Å². The van der Waals surface area contributed by atoms with E-state index in [1.54, 1.807) is 12.3 Å². The van der Waals surface area contributed by atoms with E-state index >= 15 is 0 Å². The van der Waals surface area contributed by atoms with Crippen LogP contribution in [0.3, 0.4) is 0 Å². The fourth-order valence-corrected chi connectivity index (χ4v) is 4.16. The van der Waals surface area contributed by atoms with Gasteiger partial charge in [0.05, 0.1) is 22.8 Å². The van der Waals surface area contributed by atoms with Crippen molar-refractivity contribution in [1.82, 2.24) is 10.6 Å². The molecule has 1 aromatic carbocycles. The standard InChI is InChI=1S/C18H17F3N4O/c1-2-17(10-4-3-5-11(8-10)18(19,20)21)12-9-23-25-15(12)24-13-6-7-22-16(26)14(13)17/h3-5,8-9,15,24H,2,6-7H2,1H3,(H,22,26)/t15?,17-/m0/s1. The molecule has 3 heterocycles. The van der Waals surface area contributed by atoms with E-state index in [0.29, 0.717) is 36.1 Å². The van der Waals surface area contributed by atoms with Gasteiger partial charge in [0.2, 0.25) is 5.91 Å². The van der Waals surface area contributed by atoms with Gasteiger partial charge < -0.3 is 10.6 Å². The highest BCUT2D eigenvalue weighted by Crippen LogP contribution is 2.50. The number of nitrogens with zero attached hydrogens (tertiary/aromatic N) is 2. The van der Waals surface area contributed by atoms with Gasteiger partial charge in [-0.3, -0.25) is 4.79 Å². The second kappa shape index (κ2) is 5.69. The first kappa shape index (κ1) is 16.8. The molecule has 26 heavy (non-hydrogen) atoms. The van der Waals surface area contributed by atoms with E-state index in [9.17, 15) is 18.0 Å². The number of hydrogen-bond acceptors (Lipinski definition) is 4. The lowest BCUT2D eigenvalue weighted by atomic mass is 9.63. The molecule has 136 valence electrons. The molecular weight excluding hydrogens is 345 g/mol. The average molecular weight is 362 g/mol. The van der Waals surface area contributed by atoms with Crippen LogP contribution < -0.4 is 10.6 Å². The maximum Gasteiger partial charge on any atom is 0.416 e. The molecule has 1 unspecified atom stereocenters. The lowest BCUT2D eigenvalue weighted by molar-refractivity contribution is -0.137. The summed E-state index contributed by atoms with van der Waals surface area (Å²) in [5.74, 6) is -0.260. The predicted molar refractivity (Wildman–Crippen MR) is 87.9 cm³/mol. The van der Waals surface area contributed by atoms with Crippen molar-refractivity contribution in [3.8, 4) is 0 Å². The quantitative estimate of drug-likeness (QED) is 0.847. The minimum atomic E-state index is -4.46. The van der Waals surface area contributed by atoms with Gasteiger partial charge in [0.15, 0.2) is 6.17 Å². The first-order valence-electron chi connectivity index (χ1n) is 8.44. The third kappa shape index (κ3) is 2.28. The Morgan fingerprint density at radius 1 is 1.35 bits per heavy atom. The number of carbonyl (C=O) groups is 1. The summed E-state index contributed by atoms with van der Waals surface area (Å²) >= 11 is 0. The summed E-state index contributed by atoms with van der Waals surface area (Å²) in [5, 5.41) is 14.2. The lowest BCUT2D eigenvalue weighted by Crippen LogP contribution is -2.53. The summed E-state index contributed by atoms with van der Waals surface area (Å²) in [5.41, 5.74) is 0.625. The average Bonchev–Trinajstić information content (AvgIpc) is 3.08. The van der Waals surface area contributed by atoms with Gasteiger partial charge >= 0.3 is 6.18 Å². The Bertz CT molecular complexity index is 871. The number of benzene rings is 1. The van der Waals surface area contributed by atoms with Crippen molar-refractivity contribution in [2.24, 2.45) is 10.2 Å². The van der Waals surface area contributed by atoms with Crippen LogP contribution in [0.15, 0.2) is 57.5 Å². The SMILES string of the molecule is CC[C@]1(c2cccc(C(F)(F)F)c2)C2=CN=NC2NC2=C1C(=O)NCC2. The van der Waals surface area contributed by atoms with E-state index in [2.05, 4.69) is 20.9 Å². The number of fused-ring (bicyclic) bond motifs is 1. The Hall–Kier alpha value is -2.64. The number of carbonyl (C=O) groups excluding carboxylic acids is 1. The lowest BCUT2D eigenvalue weighted by Gasteiger charge is -2.45. The molecular formula is C18H17F3N4O. The fraction of sp³-hybridized carbons (Fsp3) is 0.389. The molecule has 8 heteroatoms. The van der Waals surface area contributed by atoms with Crippen molar-refractivity contribution in [2.45, 2.75) is 37.5 Å². The Balaban J connectivity index is 1.98. The monoisotopic (exact) mass is 362 g/mol. The van der Waals surface area contributed by atoms with Crippen LogP contribution in [0.5, 0.6) is 0 Å². The summed E-state index contributed by atoms with van der Waals surface area (Å²) in [6, 6.07) is 5.21. The highest BCUT2D eigenvalue weighted by Gasteiger charge is 2.51. The summed E-state index contributed by atoms with van der Waals surface area (Å²) in [6.45, 7) is 2.35. The van der Waals surface area contributed by atoms with Gasteiger partial charge in [0.25, 0.3) is 0 Å². The normalized spacial score (nSPS) is 27.5. The van der Waals surface area contributed by atoms with Gasteiger partial charge in [0, 0.05) is 24.2 Å². The maximum absolute atomic E-state index is 13.3. The number of halogens is 3. The summed E-state index contributed by atoms with van der Waals surface area (Å²) in [6.07, 6.45) is -2.33. The van der Waals surface area contributed by atoms with Crippen molar-refractivity contribution >= 4 is 5.91 Å². The van der Waals surface area contributed by atoms with E-state index in [4.69, 9.17) is 0 Å². The van der Waals surface area contributed by atoms with Gasteiger partial charge in [0.1, 0.15) is 0 Å².